The molecule has 7 heteroatoms. The van der Waals surface area contributed by atoms with Crippen molar-refractivity contribution in [3.05, 3.63) is 29.3 Å². The van der Waals surface area contributed by atoms with E-state index in [0.717, 1.165) is 38.8 Å². The number of likely N-dealkylation sites (tertiary alicyclic amines) is 1. The Bertz CT molecular complexity index is 705. The monoisotopic (exact) mass is 398 g/mol. The number of carbonyl (C=O) groups is 1. The van der Waals surface area contributed by atoms with Gasteiger partial charge in [-0.3, -0.25) is 4.79 Å². The Hall–Kier alpha value is -1.11. The first-order valence-electron chi connectivity index (χ1n) is 9.50. The van der Waals surface area contributed by atoms with Gasteiger partial charge in [0, 0.05) is 37.6 Å². The van der Waals surface area contributed by atoms with Crippen LogP contribution in [0, 0.1) is 5.92 Å². The highest BCUT2D eigenvalue weighted by atomic mass is 35.5. The summed E-state index contributed by atoms with van der Waals surface area (Å²) in [5, 5.41) is 0.523. The molecule has 0 radical (unpaired) electrons. The third kappa shape index (κ3) is 4.78. The lowest BCUT2D eigenvalue weighted by atomic mass is 9.94. The molecular formula is C19H27ClN2O3S. The lowest BCUT2D eigenvalue weighted by Gasteiger charge is -2.32. The van der Waals surface area contributed by atoms with Gasteiger partial charge in [0.1, 0.15) is 0 Å². The Labute approximate surface area is 161 Å². The molecule has 0 unspecified atom stereocenters. The number of nitrogens with zero attached hydrogens (tertiary/aromatic N) is 2. The van der Waals surface area contributed by atoms with Crippen molar-refractivity contribution in [3.8, 4) is 0 Å². The molecule has 2 aliphatic heterocycles. The van der Waals surface area contributed by atoms with Crippen molar-refractivity contribution in [2.45, 2.75) is 49.8 Å². The Kier molecular flexibility index (Phi) is 6.59. The number of rotatable bonds is 4. The first-order chi connectivity index (χ1) is 12.5. The van der Waals surface area contributed by atoms with Crippen molar-refractivity contribution in [2.75, 3.05) is 26.2 Å². The number of sulfonamides is 1. The van der Waals surface area contributed by atoms with Crippen molar-refractivity contribution in [2.24, 2.45) is 5.92 Å². The van der Waals surface area contributed by atoms with Crippen LogP contribution in [0.4, 0.5) is 0 Å². The van der Waals surface area contributed by atoms with Gasteiger partial charge >= 0.3 is 0 Å². The van der Waals surface area contributed by atoms with Crippen molar-refractivity contribution < 1.29 is 13.2 Å². The summed E-state index contributed by atoms with van der Waals surface area (Å²) < 4.78 is 27.0. The average molecular weight is 399 g/mol. The van der Waals surface area contributed by atoms with Gasteiger partial charge < -0.3 is 4.90 Å². The predicted molar refractivity (Wildman–Crippen MR) is 103 cm³/mol. The molecule has 1 amide bonds. The summed E-state index contributed by atoms with van der Waals surface area (Å²) >= 11 is 5.84. The van der Waals surface area contributed by atoms with E-state index >= 15 is 0 Å². The molecule has 2 saturated heterocycles. The number of hydrogen-bond donors (Lipinski definition) is 0. The second-order valence-corrected chi connectivity index (χ2v) is 9.67. The maximum Gasteiger partial charge on any atom is 0.243 e. The Morgan fingerprint density at radius 3 is 2.12 bits per heavy atom. The summed E-state index contributed by atoms with van der Waals surface area (Å²) in [4.78, 5) is 14.8. The van der Waals surface area contributed by atoms with Crippen molar-refractivity contribution >= 4 is 27.5 Å². The predicted octanol–water partition coefficient (Wildman–Crippen LogP) is 3.53. The van der Waals surface area contributed by atoms with Gasteiger partial charge in [-0.25, -0.2) is 8.42 Å². The second kappa shape index (κ2) is 8.72. The van der Waals surface area contributed by atoms with E-state index < -0.39 is 10.0 Å². The Balaban J connectivity index is 1.53. The fourth-order valence-corrected chi connectivity index (χ4v) is 5.40. The summed E-state index contributed by atoms with van der Waals surface area (Å²) in [6.07, 6.45) is 6.66. The normalized spacial score (nSPS) is 20.7. The first kappa shape index (κ1) is 19.6. The molecule has 0 aliphatic carbocycles. The largest absolute Gasteiger partial charge is 0.343 e. The number of hydrogen-bond acceptors (Lipinski definition) is 3. The van der Waals surface area contributed by atoms with Crippen LogP contribution in [-0.4, -0.2) is 49.7 Å². The molecule has 1 aromatic carbocycles. The zero-order valence-electron chi connectivity index (χ0n) is 15.1. The number of halogens is 1. The minimum absolute atomic E-state index is 0.242. The maximum atomic E-state index is 12.7. The van der Waals surface area contributed by atoms with Gasteiger partial charge in [-0.2, -0.15) is 4.31 Å². The van der Waals surface area contributed by atoms with Crippen LogP contribution in [0.2, 0.25) is 5.02 Å². The molecule has 144 valence electrons. The average Bonchev–Trinajstić information content (AvgIpc) is 2.92. The summed E-state index contributed by atoms with van der Waals surface area (Å²) in [5.74, 6) is 0.522. The zero-order chi connectivity index (χ0) is 18.6. The van der Waals surface area contributed by atoms with Gasteiger partial charge in [0.05, 0.1) is 4.90 Å². The minimum Gasteiger partial charge on any atom is -0.343 e. The van der Waals surface area contributed by atoms with E-state index in [2.05, 4.69) is 0 Å². The molecule has 2 fully saturated rings. The van der Waals surface area contributed by atoms with Gasteiger partial charge in [0.25, 0.3) is 0 Å². The van der Waals surface area contributed by atoms with E-state index in [1.165, 1.54) is 17.1 Å². The third-order valence-electron chi connectivity index (χ3n) is 5.45. The highest BCUT2D eigenvalue weighted by molar-refractivity contribution is 7.89. The van der Waals surface area contributed by atoms with E-state index in [1.54, 1.807) is 24.3 Å². The summed E-state index contributed by atoms with van der Waals surface area (Å²) in [6, 6.07) is 6.29. The van der Waals surface area contributed by atoms with Gasteiger partial charge in [0.2, 0.25) is 15.9 Å². The van der Waals surface area contributed by atoms with Crippen LogP contribution in [0.25, 0.3) is 0 Å². The van der Waals surface area contributed by atoms with Crippen LogP contribution in [0.15, 0.2) is 29.2 Å². The van der Waals surface area contributed by atoms with Crippen molar-refractivity contribution in [1.82, 2.24) is 9.21 Å². The molecule has 0 spiro atoms. The van der Waals surface area contributed by atoms with Gasteiger partial charge in [-0.05, 0) is 55.9 Å². The van der Waals surface area contributed by atoms with Crippen LogP contribution >= 0.6 is 11.6 Å². The molecule has 0 aromatic heterocycles. The van der Waals surface area contributed by atoms with Crippen LogP contribution in [0.3, 0.4) is 0 Å². The fourth-order valence-electron chi connectivity index (χ4n) is 3.81. The molecule has 2 aliphatic rings. The Morgan fingerprint density at radius 2 is 1.54 bits per heavy atom. The molecule has 0 atom stereocenters. The molecule has 0 N–H and O–H groups in total. The summed E-state index contributed by atoms with van der Waals surface area (Å²) in [7, 11) is -3.48. The van der Waals surface area contributed by atoms with Crippen LogP contribution in [0.5, 0.6) is 0 Å². The SMILES string of the molecule is O=C(CC1CCN(S(=O)(=O)c2ccc(Cl)cc2)CC1)N1CCCCCC1. The molecule has 3 rings (SSSR count). The van der Waals surface area contributed by atoms with Crippen molar-refractivity contribution in [3.63, 3.8) is 0 Å². The van der Waals surface area contributed by atoms with E-state index in [9.17, 15) is 13.2 Å². The van der Waals surface area contributed by atoms with Crippen LogP contribution in [0.1, 0.15) is 44.9 Å². The second-order valence-electron chi connectivity index (χ2n) is 7.30. The fraction of sp³-hybridized carbons (Fsp3) is 0.632. The first-order valence-corrected chi connectivity index (χ1v) is 11.3. The van der Waals surface area contributed by atoms with Gasteiger partial charge in [-0.1, -0.05) is 24.4 Å². The topological polar surface area (TPSA) is 57.7 Å². The number of amides is 1. The summed E-state index contributed by atoms with van der Waals surface area (Å²) in [6.45, 7) is 2.71. The molecule has 0 bridgehead atoms. The molecule has 5 nitrogen and oxygen atoms in total. The maximum absolute atomic E-state index is 12.7. The van der Waals surface area contributed by atoms with E-state index in [0.29, 0.717) is 24.5 Å². The lowest BCUT2D eigenvalue weighted by Crippen LogP contribution is -2.40. The Morgan fingerprint density at radius 1 is 0.962 bits per heavy atom. The van der Waals surface area contributed by atoms with Gasteiger partial charge in [-0.15, -0.1) is 0 Å². The number of carbonyl (C=O) groups excluding carboxylic acids is 1. The standard InChI is InChI=1S/C19H27ClN2O3S/c20-17-5-7-18(8-6-17)26(24,25)22-13-9-16(10-14-22)15-19(23)21-11-3-1-2-4-12-21/h5-8,16H,1-4,9-15H2. The zero-order valence-corrected chi connectivity index (χ0v) is 16.6. The third-order valence-corrected chi connectivity index (χ3v) is 7.61. The molecule has 26 heavy (non-hydrogen) atoms. The summed E-state index contributed by atoms with van der Waals surface area (Å²) in [5.41, 5.74) is 0. The molecular weight excluding hydrogens is 372 g/mol. The minimum atomic E-state index is -3.48. The highest BCUT2D eigenvalue weighted by Crippen LogP contribution is 2.27. The van der Waals surface area contributed by atoms with Crippen molar-refractivity contribution in [1.29, 1.82) is 0 Å². The van der Waals surface area contributed by atoms with Gasteiger partial charge in [0.15, 0.2) is 0 Å². The highest BCUT2D eigenvalue weighted by Gasteiger charge is 2.31. The number of piperidine rings is 1. The molecule has 2 heterocycles. The lowest BCUT2D eigenvalue weighted by molar-refractivity contribution is -0.132. The number of benzene rings is 1. The molecule has 0 saturated carbocycles. The smallest absolute Gasteiger partial charge is 0.243 e. The van der Waals surface area contributed by atoms with Crippen LogP contribution in [-0.2, 0) is 14.8 Å². The van der Waals surface area contributed by atoms with E-state index in [1.807, 2.05) is 4.90 Å². The molecule has 1 aromatic rings. The van der Waals surface area contributed by atoms with E-state index in [-0.39, 0.29) is 16.7 Å². The van der Waals surface area contributed by atoms with Crippen LogP contribution < -0.4 is 0 Å². The quantitative estimate of drug-likeness (QED) is 0.779. The van der Waals surface area contributed by atoms with E-state index in [4.69, 9.17) is 11.6 Å².